The van der Waals surface area contributed by atoms with Crippen molar-refractivity contribution in [3.63, 3.8) is 0 Å². The lowest BCUT2D eigenvalue weighted by Crippen LogP contribution is -2.36. The summed E-state index contributed by atoms with van der Waals surface area (Å²) in [6.45, 7) is 3.93. The second-order valence-corrected chi connectivity index (χ2v) is 7.97. The quantitative estimate of drug-likeness (QED) is 0.344. The summed E-state index contributed by atoms with van der Waals surface area (Å²) < 4.78 is 5.41. The summed E-state index contributed by atoms with van der Waals surface area (Å²) in [4.78, 5) is 24.3. The van der Waals surface area contributed by atoms with Gasteiger partial charge in [0.05, 0.1) is 31.0 Å². The van der Waals surface area contributed by atoms with E-state index in [1.165, 1.54) is 11.8 Å². The van der Waals surface area contributed by atoms with E-state index in [1.54, 1.807) is 24.3 Å². The first kappa shape index (κ1) is 19.3. The van der Waals surface area contributed by atoms with E-state index in [4.69, 9.17) is 26.3 Å². The molecule has 0 radical (unpaired) electrons. The Labute approximate surface area is 173 Å². The van der Waals surface area contributed by atoms with E-state index in [0.29, 0.717) is 22.9 Å². The highest BCUT2D eigenvalue weighted by molar-refractivity contribution is 8.00. The van der Waals surface area contributed by atoms with E-state index < -0.39 is 0 Å². The molecule has 1 aliphatic rings. The average Bonchev–Trinajstić information content (AvgIpc) is 2.73. The normalized spacial score (nSPS) is 15.0. The van der Waals surface area contributed by atoms with Gasteiger partial charge in [-0.2, -0.15) is 0 Å². The van der Waals surface area contributed by atoms with Crippen LogP contribution < -0.4 is 0 Å². The summed E-state index contributed by atoms with van der Waals surface area (Å²) in [6, 6.07) is 14.9. The molecule has 1 saturated heterocycles. The molecule has 144 valence electrons. The molecular weight excluding hydrogens is 394 g/mol. The Kier molecular flexibility index (Phi) is 6.22. The van der Waals surface area contributed by atoms with Crippen LogP contribution in [0.15, 0.2) is 53.6 Å². The van der Waals surface area contributed by atoms with E-state index in [0.717, 1.165) is 48.1 Å². The second kappa shape index (κ2) is 9.01. The third-order valence-corrected chi connectivity index (χ3v) is 5.83. The monoisotopic (exact) mass is 413 g/mol. The molecule has 1 aromatic heterocycles. The highest BCUT2D eigenvalue weighted by Crippen LogP contribution is 2.26. The van der Waals surface area contributed by atoms with Crippen molar-refractivity contribution in [2.45, 2.75) is 11.6 Å². The third kappa shape index (κ3) is 4.70. The molecule has 1 fully saturated rings. The fourth-order valence-corrected chi connectivity index (χ4v) is 4.15. The lowest BCUT2D eigenvalue weighted by atomic mass is 10.1. The minimum absolute atomic E-state index is 0.0547. The second-order valence-electron chi connectivity index (χ2n) is 6.57. The van der Waals surface area contributed by atoms with Crippen molar-refractivity contribution >= 4 is 40.0 Å². The molecule has 4 rings (SSSR count). The van der Waals surface area contributed by atoms with E-state index >= 15 is 0 Å². The van der Waals surface area contributed by atoms with E-state index in [-0.39, 0.29) is 5.78 Å². The number of carbonyl (C=O) groups excluding carboxylic acids is 1. The SMILES string of the molecule is O=C(CSc1nc(CN2CCOCC2)nc2ccccc12)c1ccc(Cl)cc1. The van der Waals surface area contributed by atoms with Crippen molar-refractivity contribution in [3.05, 3.63) is 64.9 Å². The Hall–Kier alpha value is -1.99. The molecule has 0 amide bonds. The highest BCUT2D eigenvalue weighted by atomic mass is 35.5. The molecule has 2 heterocycles. The zero-order valence-corrected chi connectivity index (χ0v) is 16.9. The van der Waals surface area contributed by atoms with Crippen LogP contribution in [-0.2, 0) is 11.3 Å². The number of rotatable bonds is 6. The Balaban J connectivity index is 1.54. The third-order valence-electron chi connectivity index (χ3n) is 4.59. The number of ether oxygens (including phenoxy) is 1. The summed E-state index contributed by atoms with van der Waals surface area (Å²) in [5.74, 6) is 1.15. The molecule has 5 nitrogen and oxygen atoms in total. The molecule has 2 aromatic carbocycles. The fourth-order valence-electron chi connectivity index (χ4n) is 3.09. The summed E-state index contributed by atoms with van der Waals surface area (Å²) in [6.07, 6.45) is 0. The fraction of sp³-hybridized carbons (Fsp3) is 0.286. The first-order chi connectivity index (χ1) is 13.7. The van der Waals surface area contributed by atoms with E-state index in [9.17, 15) is 4.79 Å². The van der Waals surface area contributed by atoms with E-state index in [1.807, 2.05) is 24.3 Å². The van der Waals surface area contributed by atoms with Crippen LogP contribution in [0.1, 0.15) is 16.2 Å². The van der Waals surface area contributed by atoms with Gasteiger partial charge in [-0.1, -0.05) is 41.6 Å². The van der Waals surface area contributed by atoms with Gasteiger partial charge in [0.2, 0.25) is 0 Å². The van der Waals surface area contributed by atoms with Gasteiger partial charge in [-0.25, -0.2) is 9.97 Å². The van der Waals surface area contributed by atoms with Crippen molar-refractivity contribution < 1.29 is 9.53 Å². The predicted molar refractivity (Wildman–Crippen MR) is 112 cm³/mol. The molecule has 0 aliphatic carbocycles. The minimum Gasteiger partial charge on any atom is -0.379 e. The van der Waals surface area contributed by atoms with Crippen molar-refractivity contribution in [1.29, 1.82) is 0 Å². The number of carbonyl (C=O) groups is 1. The van der Waals surface area contributed by atoms with Crippen LogP contribution >= 0.6 is 23.4 Å². The van der Waals surface area contributed by atoms with Crippen molar-refractivity contribution in [3.8, 4) is 0 Å². The largest absolute Gasteiger partial charge is 0.379 e. The first-order valence-corrected chi connectivity index (χ1v) is 10.5. The molecule has 0 saturated carbocycles. The van der Waals surface area contributed by atoms with Gasteiger partial charge in [0.15, 0.2) is 5.78 Å². The lowest BCUT2D eigenvalue weighted by Gasteiger charge is -2.25. The smallest absolute Gasteiger partial charge is 0.173 e. The molecule has 28 heavy (non-hydrogen) atoms. The number of benzene rings is 2. The Morgan fingerprint density at radius 2 is 1.82 bits per heavy atom. The molecule has 0 unspecified atom stereocenters. The predicted octanol–water partition coefficient (Wildman–Crippen LogP) is 4.09. The first-order valence-electron chi connectivity index (χ1n) is 9.16. The van der Waals surface area contributed by atoms with Crippen LogP contribution in [0.3, 0.4) is 0 Å². The molecular formula is C21H20ClN3O2S. The highest BCUT2D eigenvalue weighted by Gasteiger charge is 2.15. The summed E-state index contributed by atoms with van der Waals surface area (Å²) >= 11 is 7.36. The summed E-state index contributed by atoms with van der Waals surface area (Å²) in [7, 11) is 0. The maximum absolute atomic E-state index is 12.5. The number of Topliss-reactive ketones (excluding diaryl/α,β-unsaturated/α-hetero) is 1. The summed E-state index contributed by atoms with van der Waals surface area (Å²) in [5.41, 5.74) is 1.56. The van der Waals surface area contributed by atoms with Crippen LogP contribution in [0, 0.1) is 0 Å². The van der Waals surface area contributed by atoms with Gasteiger partial charge >= 0.3 is 0 Å². The molecule has 0 N–H and O–H groups in total. The lowest BCUT2D eigenvalue weighted by molar-refractivity contribution is 0.0330. The van der Waals surface area contributed by atoms with Gasteiger partial charge in [0.1, 0.15) is 10.9 Å². The zero-order chi connectivity index (χ0) is 19.3. The zero-order valence-electron chi connectivity index (χ0n) is 15.3. The van der Waals surface area contributed by atoms with Crippen molar-refractivity contribution in [2.75, 3.05) is 32.1 Å². The molecule has 0 atom stereocenters. The number of fused-ring (bicyclic) bond motifs is 1. The van der Waals surface area contributed by atoms with Crippen LogP contribution in [-0.4, -0.2) is 52.7 Å². The van der Waals surface area contributed by atoms with Gasteiger partial charge in [0.25, 0.3) is 0 Å². The standard InChI is InChI=1S/C21H20ClN3O2S/c22-16-7-5-15(6-8-16)19(26)14-28-21-17-3-1-2-4-18(17)23-20(24-21)13-25-9-11-27-12-10-25/h1-8H,9-14H2. The number of nitrogens with zero attached hydrogens (tertiary/aromatic N) is 3. The van der Waals surface area contributed by atoms with Gasteiger partial charge in [-0.15, -0.1) is 0 Å². The van der Waals surface area contributed by atoms with Crippen LogP contribution in [0.2, 0.25) is 5.02 Å². The number of hydrogen-bond acceptors (Lipinski definition) is 6. The molecule has 7 heteroatoms. The van der Waals surface area contributed by atoms with Crippen LogP contribution in [0.5, 0.6) is 0 Å². The van der Waals surface area contributed by atoms with Gasteiger partial charge in [-0.05, 0) is 30.3 Å². The van der Waals surface area contributed by atoms with Crippen molar-refractivity contribution in [1.82, 2.24) is 14.9 Å². The number of morpholine rings is 1. The molecule has 3 aromatic rings. The Morgan fingerprint density at radius 3 is 2.61 bits per heavy atom. The maximum atomic E-state index is 12.5. The maximum Gasteiger partial charge on any atom is 0.173 e. The Morgan fingerprint density at radius 1 is 1.07 bits per heavy atom. The number of aromatic nitrogens is 2. The molecule has 0 bridgehead atoms. The number of halogens is 1. The topological polar surface area (TPSA) is 55.3 Å². The number of ketones is 1. The van der Waals surface area contributed by atoms with Gasteiger partial charge in [-0.3, -0.25) is 9.69 Å². The molecule has 0 spiro atoms. The van der Waals surface area contributed by atoms with Crippen LogP contribution in [0.25, 0.3) is 10.9 Å². The van der Waals surface area contributed by atoms with E-state index in [2.05, 4.69) is 4.90 Å². The Bertz CT molecular complexity index is 975. The number of thioether (sulfide) groups is 1. The minimum atomic E-state index is 0.0547. The number of para-hydroxylation sites is 1. The average molecular weight is 414 g/mol. The van der Waals surface area contributed by atoms with Gasteiger partial charge < -0.3 is 4.74 Å². The van der Waals surface area contributed by atoms with Crippen molar-refractivity contribution in [2.24, 2.45) is 0 Å². The summed E-state index contributed by atoms with van der Waals surface area (Å²) in [5, 5.41) is 2.44. The van der Waals surface area contributed by atoms with Gasteiger partial charge in [0, 0.05) is 29.1 Å². The molecule has 1 aliphatic heterocycles. The van der Waals surface area contributed by atoms with Crippen LogP contribution in [0.4, 0.5) is 0 Å². The number of hydrogen-bond donors (Lipinski definition) is 0.